The molecule has 0 unspecified atom stereocenters. The van der Waals surface area contributed by atoms with Crippen molar-refractivity contribution in [3.05, 3.63) is 17.5 Å². The predicted octanol–water partition coefficient (Wildman–Crippen LogP) is 2.67. The molecule has 19 heavy (non-hydrogen) atoms. The van der Waals surface area contributed by atoms with Crippen LogP contribution in [-0.4, -0.2) is 31.5 Å². The van der Waals surface area contributed by atoms with Gasteiger partial charge in [0.15, 0.2) is 17.2 Å². The summed E-state index contributed by atoms with van der Waals surface area (Å²) in [6, 6.07) is 0.934. The number of carbonyl (C=O) groups is 1. The summed E-state index contributed by atoms with van der Waals surface area (Å²) in [4.78, 5) is 15.2. The van der Waals surface area contributed by atoms with E-state index in [0.29, 0.717) is 0 Å². The Bertz CT molecular complexity index is 479. The van der Waals surface area contributed by atoms with Gasteiger partial charge in [0.25, 0.3) is 0 Å². The van der Waals surface area contributed by atoms with Gasteiger partial charge >= 0.3 is 12.3 Å². The van der Waals surface area contributed by atoms with E-state index in [9.17, 15) is 18.0 Å². The van der Waals surface area contributed by atoms with Gasteiger partial charge in [0.05, 0.1) is 19.9 Å². The lowest BCUT2D eigenvalue weighted by molar-refractivity contribution is -0.275. The average molecular weight is 344 g/mol. The summed E-state index contributed by atoms with van der Waals surface area (Å²) in [6.45, 7) is 0. The summed E-state index contributed by atoms with van der Waals surface area (Å²) in [7, 11) is 2.31. The molecule has 9 heteroatoms. The van der Waals surface area contributed by atoms with Crippen LogP contribution in [0.3, 0.4) is 0 Å². The minimum Gasteiger partial charge on any atom is -0.494 e. The molecule has 0 bridgehead atoms. The molecule has 106 valence electrons. The van der Waals surface area contributed by atoms with Gasteiger partial charge in [-0.2, -0.15) is 0 Å². The number of hydrogen-bond donors (Lipinski definition) is 0. The first-order chi connectivity index (χ1) is 8.82. The van der Waals surface area contributed by atoms with Gasteiger partial charge in [0.1, 0.15) is 0 Å². The monoisotopic (exact) mass is 343 g/mol. The molecule has 0 fully saturated rings. The second-order valence-electron chi connectivity index (χ2n) is 3.16. The van der Waals surface area contributed by atoms with Crippen LogP contribution in [0.25, 0.3) is 0 Å². The molecule has 1 heterocycles. The van der Waals surface area contributed by atoms with E-state index in [1.807, 2.05) is 0 Å². The zero-order valence-corrected chi connectivity index (χ0v) is 11.5. The number of aromatic nitrogens is 1. The van der Waals surface area contributed by atoms with E-state index < -0.39 is 18.1 Å². The standard InChI is InChI=1S/C10H9BrF3NO4/c1-17-7-3-6(19-10(12,13)14)5(4-11)15-8(7)9(16)18-2/h3H,4H2,1-2H3. The van der Waals surface area contributed by atoms with E-state index >= 15 is 0 Å². The van der Waals surface area contributed by atoms with Crippen molar-refractivity contribution in [2.45, 2.75) is 11.7 Å². The van der Waals surface area contributed by atoms with Gasteiger partial charge < -0.3 is 14.2 Å². The minimum absolute atomic E-state index is 0.0353. The van der Waals surface area contributed by atoms with E-state index in [-0.39, 0.29) is 22.5 Å². The molecule has 0 radical (unpaired) electrons. The number of halogens is 4. The van der Waals surface area contributed by atoms with Crippen LogP contribution in [0.2, 0.25) is 0 Å². The number of nitrogens with zero attached hydrogens (tertiary/aromatic N) is 1. The van der Waals surface area contributed by atoms with Crippen molar-refractivity contribution >= 4 is 21.9 Å². The number of rotatable bonds is 4. The third kappa shape index (κ3) is 3.98. The normalized spacial score (nSPS) is 11.1. The lowest BCUT2D eigenvalue weighted by atomic mass is 10.2. The number of alkyl halides is 4. The Kier molecular flexibility index (Phi) is 4.98. The summed E-state index contributed by atoms with van der Waals surface area (Å²) in [5.74, 6) is -1.54. The van der Waals surface area contributed by atoms with Crippen LogP contribution in [0.4, 0.5) is 13.2 Å². The molecule has 0 saturated carbocycles. The van der Waals surface area contributed by atoms with E-state index in [2.05, 4.69) is 30.4 Å². The molecular formula is C10H9BrF3NO4. The molecule has 5 nitrogen and oxygen atoms in total. The first-order valence-corrected chi connectivity index (χ1v) is 5.92. The van der Waals surface area contributed by atoms with Crippen molar-refractivity contribution in [3.63, 3.8) is 0 Å². The van der Waals surface area contributed by atoms with Crippen LogP contribution in [0.15, 0.2) is 6.07 Å². The molecular weight excluding hydrogens is 335 g/mol. The van der Waals surface area contributed by atoms with Gasteiger partial charge in [-0.25, -0.2) is 9.78 Å². The predicted molar refractivity (Wildman–Crippen MR) is 61.4 cm³/mol. The highest BCUT2D eigenvalue weighted by Gasteiger charge is 2.33. The maximum Gasteiger partial charge on any atom is 0.573 e. The fourth-order valence-electron chi connectivity index (χ4n) is 1.22. The van der Waals surface area contributed by atoms with E-state index in [0.717, 1.165) is 13.2 Å². The number of pyridine rings is 1. The Morgan fingerprint density at radius 3 is 2.42 bits per heavy atom. The second-order valence-corrected chi connectivity index (χ2v) is 3.72. The zero-order valence-electron chi connectivity index (χ0n) is 9.88. The Hall–Kier alpha value is -1.51. The molecule has 0 saturated heterocycles. The average Bonchev–Trinajstić information content (AvgIpc) is 2.35. The Morgan fingerprint density at radius 1 is 1.37 bits per heavy atom. The summed E-state index contributed by atoms with van der Waals surface area (Å²) in [5, 5.41) is -0.0353. The van der Waals surface area contributed by atoms with Crippen molar-refractivity contribution < 1.29 is 32.2 Å². The van der Waals surface area contributed by atoms with Crippen molar-refractivity contribution in [1.29, 1.82) is 0 Å². The smallest absolute Gasteiger partial charge is 0.494 e. The number of ether oxygens (including phenoxy) is 3. The highest BCUT2D eigenvalue weighted by Crippen LogP contribution is 2.32. The quantitative estimate of drug-likeness (QED) is 0.621. The van der Waals surface area contributed by atoms with Crippen LogP contribution in [-0.2, 0) is 10.1 Å². The summed E-state index contributed by atoms with van der Waals surface area (Å²) in [6.07, 6.45) is -4.86. The van der Waals surface area contributed by atoms with Gasteiger partial charge in [0, 0.05) is 11.4 Å². The highest BCUT2D eigenvalue weighted by atomic mass is 79.9. The highest BCUT2D eigenvalue weighted by molar-refractivity contribution is 9.08. The molecule has 0 aliphatic carbocycles. The third-order valence-electron chi connectivity index (χ3n) is 1.98. The van der Waals surface area contributed by atoms with Gasteiger partial charge in [-0.05, 0) is 0 Å². The van der Waals surface area contributed by atoms with E-state index in [1.54, 1.807) is 0 Å². The zero-order chi connectivity index (χ0) is 14.6. The molecule has 0 amide bonds. The molecule has 0 aliphatic rings. The van der Waals surface area contributed by atoms with Crippen LogP contribution >= 0.6 is 15.9 Å². The van der Waals surface area contributed by atoms with E-state index in [1.165, 1.54) is 7.11 Å². The van der Waals surface area contributed by atoms with Crippen LogP contribution < -0.4 is 9.47 Å². The molecule has 0 aromatic carbocycles. The second kappa shape index (κ2) is 6.09. The van der Waals surface area contributed by atoms with Crippen molar-refractivity contribution in [2.24, 2.45) is 0 Å². The lowest BCUT2D eigenvalue weighted by Gasteiger charge is -2.14. The summed E-state index contributed by atoms with van der Waals surface area (Å²) >= 11 is 2.96. The van der Waals surface area contributed by atoms with Crippen LogP contribution in [0.5, 0.6) is 11.5 Å². The molecule has 1 rings (SSSR count). The van der Waals surface area contributed by atoms with Crippen molar-refractivity contribution in [3.8, 4) is 11.5 Å². The third-order valence-corrected chi connectivity index (χ3v) is 2.51. The maximum absolute atomic E-state index is 12.2. The Balaban J connectivity index is 3.31. The number of esters is 1. The minimum atomic E-state index is -4.86. The topological polar surface area (TPSA) is 57.7 Å². The van der Waals surface area contributed by atoms with Gasteiger partial charge in [0.2, 0.25) is 0 Å². The Morgan fingerprint density at radius 2 is 2.00 bits per heavy atom. The molecule has 0 N–H and O–H groups in total. The maximum atomic E-state index is 12.2. The summed E-state index contributed by atoms with van der Waals surface area (Å²) < 4.78 is 49.7. The number of methoxy groups -OCH3 is 2. The number of hydrogen-bond acceptors (Lipinski definition) is 5. The fraction of sp³-hybridized carbons (Fsp3) is 0.400. The van der Waals surface area contributed by atoms with Crippen LogP contribution in [0, 0.1) is 0 Å². The van der Waals surface area contributed by atoms with Crippen molar-refractivity contribution in [1.82, 2.24) is 4.98 Å². The molecule has 1 aromatic heterocycles. The van der Waals surface area contributed by atoms with E-state index in [4.69, 9.17) is 4.74 Å². The van der Waals surface area contributed by atoms with Gasteiger partial charge in [-0.3, -0.25) is 0 Å². The molecule has 0 spiro atoms. The first-order valence-electron chi connectivity index (χ1n) is 4.80. The van der Waals surface area contributed by atoms with Gasteiger partial charge in [-0.1, -0.05) is 15.9 Å². The SMILES string of the molecule is COC(=O)c1nc(CBr)c(OC(F)(F)F)cc1OC. The molecule has 0 aliphatic heterocycles. The lowest BCUT2D eigenvalue weighted by Crippen LogP contribution is -2.19. The first kappa shape index (κ1) is 15.5. The number of carbonyl (C=O) groups excluding carboxylic acids is 1. The fourth-order valence-corrected chi connectivity index (χ4v) is 1.62. The largest absolute Gasteiger partial charge is 0.573 e. The molecule has 0 atom stereocenters. The van der Waals surface area contributed by atoms with Crippen LogP contribution in [0.1, 0.15) is 16.2 Å². The van der Waals surface area contributed by atoms with Crippen molar-refractivity contribution in [2.75, 3.05) is 14.2 Å². The van der Waals surface area contributed by atoms with Gasteiger partial charge in [-0.15, -0.1) is 13.2 Å². The molecule has 1 aromatic rings. The Labute approximate surface area is 114 Å². The summed E-state index contributed by atoms with van der Waals surface area (Å²) in [5.41, 5.74) is -0.326.